The smallest absolute Gasteiger partial charge is 0.192 e. The van der Waals surface area contributed by atoms with E-state index in [0.717, 1.165) is 5.56 Å². The monoisotopic (exact) mass is 229 g/mol. The van der Waals surface area contributed by atoms with Crippen molar-refractivity contribution in [3.63, 3.8) is 0 Å². The van der Waals surface area contributed by atoms with Crippen LogP contribution in [0.25, 0.3) is 11.3 Å². The van der Waals surface area contributed by atoms with Crippen molar-refractivity contribution in [1.29, 1.82) is 0 Å². The Bertz CT molecular complexity index is 553. The predicted octanol–water partition coefficient (Wildman–Crippen LogP) is 0.820. The number of hydrogen-bond donors (Lipinski definition) is 3. The van der Waals surface area contributed by atoms with E-state index in [1.54, 1.807) is 6.20 Å². The van der Waals surface area contributed by atoms with Crippen molar-refractivity contribution >= 4 is 11.7 Å². The third-order valence-corrected chi connectivity index (χ3v) is 2.22. The molecule has 6 heteroatoms. The average Bonchev–Trinajstić information content (AvgIpc) is 2.39. The quantitative estimate of drug-likeness (QED) is 0.305. The van der Waals surface area contributed by atoms with Crippen LogP contribution in [-0.2, 0) is 0 Å². The Morgan fingerprint density at radius 3 is 2.59 bits per heavy atom. The minimum atomic E-state index is -0.159. The lowest BCUT2D eigenvalue weighted by Crippen LogP contribution is -2.18. The van der Waals surface area contributed by atoms with Gasteiger partial charge in [0.2, 0.25) is 0 Å². The maximum atomic E-state index is 8.61. The molecule has 86 valence electrons. The van der Waals surface area contributed by atoms with Crippen molar-refractivity contribution in [1.82, 2.24) is 9.97 Å². The van der Waals surface area contributed by atoms with Crippen LogP contribution in [0.5, 0.6) is 0 Å². The normalized spacial score (nSPS) is 11.4. The van der Waals surface area contributed by atoms with Crippen LogP contribution >= 0.6 is 0 Å². The van der Waals surface area contributed by atoms with Crippen LogP contribution in [0.1, 0.15) is 5.69 Å². The number of aromatic nitrogens is 2. The Kier molecular flexibility index (Phi) is 2.87. The lowest BCUT2D eigenvalue weighted by Gasteiger charge is -2.05. The Labute approximate surface area is 97.6 Å². The van der Waals surface area contributed by atoms with Gasteiger partial charge in [0, 0.05) is 5.56 Å². The van der Waals surface area contributed by atoms with Gasteiger partial charge in [0.25, 0.3) is 0 Å². The van der Waals surface area contributed by atoms with Crippen LogP contribution in [0.2, 0.25) is 0 Å². The molecule has 0 aliphatic carbocycles. The zero-order valence-electron chi connectivity index (χ0n) is 8.91. The highest BCUT2D eigenvalue weighted by Crippen LogP contribution is 2.17. The van der Waals surface area contributed by atoms with Gasteiger partial charge in [0.15, 0.2) is 17.3 Å². The number of benzene rings is 1. The van der Waals surface area contributed by atoms with Gasteiger partial charge in [-0.1, -0.05) is 35.5 Å². The first-order valence-electron chi connectivity index (χ1n) is 4.88. The van der Waals surface area contributed by atoms with E-state index in [4.69, 9.17) is 16.7 Å². The highest BCUT2D eigenvalue weighted by atomic mass is 16.4. The fraction of sp³-hybridized carbons (Fsp3) is 0. The highest BCUT2D eigenvalue weighted by molar-refractivity contribution is 5.99. The minimum absolute atomic E-state index is 0.125. The summed E-state index contributed by atoms with van der Waals surface area (Å²) in [7, 11) is 0. The summed E-state index contributed by atoms with van der Waals surface area (Å²) in [5.74, 6) is -0.0345. The van der Waals surface area contributed by atoms with Crippen LogP contribution in [0.15, 0.2) is 41.7 Å². The summed E-state index contributed by atoms with van der Waals surface area (Å²) in [5.41, 5.74) is 12.7. The van der Waals surface area contributed by atoms with E-state index in [2.05, 4.69) is 15.1 Å². The first-order chi connectivity index (χ1) is 8.22. The average molecular weight is 229 g/mol. The molecule has 17 heavy (non-hydrogen) atoms. The van der Waals surface area contributed by atoms with Gasteiger partial charge in [-0.05, 0) is 0 Å². The molecule has 0 radical (unpaired) electrons. The molecule has 0 aliphatic heterocycles. The zero-order valence-corrected chi connectivity index (χ0v) is 8.91. The molecule has 5 N–H and O–H groups in total. The maximum absolute atomic E-state index is 8.61. The van der Waals surface area contributed by atoms with E-state index in [1.807, 2.05) is 30.3 Å². The third-order valence-electron chi connectivity index (χ3n) is 2.22. The molecule has 0 saturated heterocycles. The first kappa shape index (κ1) is 10.9. The molecule has 0 amide bonds. The van der Waals surface area contributed by atoms with Gasteiger partial charge in [-0.25, -0.2) is 9.97 Å². The van der Waals surface area contributed by atoms with Gasteiger partial charge in [-0.15, -0.1) is 0 Å². The lowest BCUT2D eigenvalue weighted by molar-refractivity contribution is 0.318. The Balaban J connectivity index is 2.52. The predicted molar refractivity (Wildman–Crippen MR) is 64.4 cm³/mol. The second-order valence-electron chi connectivity index (χ2n) is 3.34. The molecule has 0 saturated carbocycles. The summed E-state index contributed by atoms with van der Waals surface area (Å²) in [6.07, 6.45) is 1.54. The van der Waals surface area contributed by atoms with Gasteiger partial charge in [0.05, 0.1) is 11.9 Å². The van der Waals surface area contributed by atoms with Crippen molar-refractivity contribution in [2.45, 2.75) is 0 Å². The molecule has 2 rings (SSSR count). The van der Waals surface area contributed by atoms with E-state index in [-0.39, 0.29) is 17.3 Å². The van der Waals surface area contributed by atoms with Crippen molar-refractivity contribution in [3.05, 3.63) is 42.2 Å². The van der Waals surface area contributed by atoms with Gasteiger partial charge in [-0.2, -0.15) is 0 Å². The van der Waals surface area contributed by atoms with Crippen LogP contribution in [0, 0.1) is 0 Å². The summed E-state index contributed by atoms with van der Waals surface area (Å²) >= 11 is 0. The molecule has 2 aromatic rings. The number of nitrogens with two attached hydrogens (primary N) is 2. The van der Waals surface area contributed by atoms with Crippen LogP contribution < -0.4 is 11.5 Å². The number of nitrogens with zero attached hydrogens (tertiary/aromatic N) is 3. The molecule has 0 aliphatic rings. The Morgan fingerprint density at radius 2 is 1.94 bits per heavy atom. The number of rotatable bonds is 2. The van der Waals surface area contributed by atoms with Gasteiger partial charge in [0.1, 0.15) is 0 Å². The van der Waals surface area contributed by atoms with E-state index in [9.17, 15) is 0 Å². The minimum Gasteiger partial charge on any atom is -0.409 e. The van der Waals surface area contributed by atoms with Crippen molar-refractivity contribution in [2.24, 2.45) is 10.9 Å². The van der Waals surface area contributed by atoms with Crippen molar-refractivity contribution < 1.29 is 5.21 Å². The molecule has 0 fully saturated rings. The Morgan fingerprint density at radius 1 is 1.24 bits per heavy atom. The summed E-state index contributed by atoms with van der Waals surface area (Å²) in [6, 6.07) is 9.44. The number of anilines is 1. The fourth-order valence-corrected chi connectivity index (χ4v) is 1.38. The number of hydrogen-bond acceptors (Lipinski definition) is 5. The first-order valence-corrected chi connectivity index (χ1v) is 4.88. The molecule has 6 nitrogen and oxygen atoms in total. The summed E-state index contributed by atoms with van der Waals surface area (Å²) in [6.45, 7) is 0. The third kappa shape index (κ3) is 2.15. The lowest BCUT2D eigenvalue weighted by atomic mass is 10.1. The van der Waals surface area contributed by atoms with E-state index in [0.29, 0.717) is 5.69 Å². The molecular weight excluding hydrogens is 218 g/mol. The van der Waals surface area contributed by atoms with Gasteiger partial charge >= 0.3 is 0 Å². The van der Waals surface area contributed by atoms with E-state index >= 15 is 0 Å². The fourth-order valence-electron chi connectivity index (χ4n) is 1.38. The van der Waals surface area contributed by atoms with Crippen LogP contribution in [0.3, 0.4) is 0 Å². The number of nitrogen functional groups attached to an aromatic ring is 1. The molecule has 0 atom stereocenters. The molecule has 1 aromatic carbocycles. The highest BCUT2D eigenvalue weighted by Gasteiger charge is 2.10. The largest absolute Gasteiger partial charge is 0.409 e. The summed E-state index contributed by atoms with van der Waals surface area (Å²) < 4.78 is 0. The molecule has 1 aromatic heterocycles. The molecular formula is C11H11N5O. The van der Waals surface area contributed by atoms with Crippen LogP contribution in [-0.4, -0.2) is 21.0 Å². The van der Waals surface area contributed by atoms with Gasteiger partial charge in [-0.3, -0.25) is 0 Å². The second kappa shape index (κ2) is 4.48. The Hall–Kier alpha value is -2.63. The standard InChI is InChI=1S/C11H11N5O/c12-10-9(11(13)16-17)15-8(6-14-10)7-4-2-1-3-5-7/h1-6,17H,(H2,12,14)(H2,13,16). The van der Waals surface area contributed by atoms with Gasteiger partial charge < -0.3 is 16.7 Å². The summed E-state index contributed by atoms with van der Waals surface area (Å²) in [4.78, 5) is 8.18. The van der Waals surface area contributed by atoms with Crippen molar-refractivity contribution in [2.75, 3.05) is 5.73 Å². The molecule has 0 spiro atoms. The maximum Gasteiger partial charge on any atom is 0.192 e. The van der Waals surface area contributed by atoms with Crippen LogP contribution in [0.4, 0.5) is 5.82 Å². The topological polar surface area (TPSA) is 110 Å². The summed E-state index contributed by atoms with van der Waals surface area (Å²) in [5, 5.41) is 11.5. The molecule has 0 unspecified atom stereocenters. The number of amidine groups is 1. The van der Waals surface area contributed by atoms with E-state index in [1.165, 1.54) is 0 Å². The SMILES string of the molecule is NC(=NO)c1nc(-c2ccccc2)cnc1N. The number of oxime groups is 1. The zero-order chi connectivity index (χ0) is 12.3. The molecule has 0 bridgehead atoms. The van der Waals surface area contributed by atoms with Crippen molar-refractivity contribution in [3.8, 4) is 11.3 Å². The van der Waals surface area contributed by atoms with E-state index < -0.39 is 0 Å². The molecule has 1 heterocycles. The second-order valence-corrected chi connectivity index (χ2v) is 3.34.